The lowest BCUT2D eigenvalue weighted by Crippen LogP contribution is -2.31. The van der Waals surface area contributed by atoms with Crippen LogP contribution < -0.4 is 10.0 Å². The van der Waals surface area contributed by atoms with Gasteiger partial charge < -0.3 is 5.32 Å². The van der Waals surface area contributed by atoms with Crippen LogP contribution in [0.15, 0.2) is 29.2 Å². The first-order chi connectivity index (χ1) is 9.03. The van der Waals surface area contributed by atoms with E-state index in [1.165, 1.54) is 7.05 Å². The number of hydrogen-bond acceptors (Lipinski definition) is 3. The molecular weight excluding hydrogens is 260 g/mol. The third-order valence-electron chi connectivity index (χ3n) is 3.16. The molecule has 1 unspecified atom stereocenters. The quantitative estimate of drug-likeness (QED) is 0.767. The van der Waals surface area contributed by atoms with Crippen LogP contribution in [-0.2, 0) is 16.4 Å². The Morgan fingerprint density at radius 3 is 2.26 bits per heavy atom. The topological polar surface area (TPSA) is 58.2 Å². The van der Waals surface area contributed by atoms with Gasteiger partial charge in [-0.15, -0.1) is 0 Å². The van der Waals surface area contributed by atoms with Crippen LogP contribution in [0.25, 0.3) is 0 Å². The molecule has 0 aromatic heterocycles. The highest BCUT2D eigenvalue weighted by Crippen LogP contribution is 2.12. The molecule has 0 saturated heterocycles. The standard InChI is InChI=1S/C14H24N2O2S/c1-4-10-16-13(5-2)11-12-6-8-14(9-7-12)19(17,18)15-3/h6-9,13,15-16H,4-5,10-11H2,1-3H3. The van der Waals surface area contributed by atoms with Gasteiger partial charge in [-0.25, -0.2) is 13.1 Å². The highest BCUT2D eigenvalue weighted by Gasteiger charge is 2.11. The molecule has 1 atom stereocenters. The van der Waals surface area contributed by atoms with Gasteiger partial charge in [0.1, 0.15) is 0 Å². The van der Waals surface area contributed by atoms with Crippen molar-refractivity contribution in [1.29, 1.82) is 0 Å². The maximum atomic E-state index is 11.6. The molecule has 0 amide bonds. The zero-order valence-corrected chi connectivity index (χ0v) is 12.8. The zero-order chi connectivity index (χ0) is 14.3. The first kappa shape index (κ1) is 16.1. The average Bonchev–Trinajstić information content (AvgIpc) is 2.44. The fourth-order valence-electron chi connectivity index (χ4n) is 1.92. The highest BCUT2D eigenvalue weighted by molar-refractivity contribution is 7.89. The van der Waals surface area contributed by atoms with Crippen LogP contribution in [0.3, 0.4) is 0 Å². The predicted molar refractivity (Wildman–Crippen MR) is 78.8 cm³/mol. The second-order valence-corrected chi connectivity index (χ2v) is 6.50. The molecule has 1 aromatic carbocycles. The molecule has 5 heteroatoms. The lowest BCUT2D eigenvalue weighted by molar-refractivity contribution is 0.494. The summed E-state index contributed by atoms with van der Waals surface area (Å²) in [5, 5.41) is 3.49. The van der Waals surface area contributed by atoms with Gasteiger partial charge in [-0.2, -0.15) is 0 Å². The van der Waals surface area contributed by atoms with Crippen molar-refractivity contribution in [1.82, 2.24) is 10.0 Å². The van der Waals surface area contributed by atoms with Crippen molar-refractivity contribution in [3.63, 3.8) is 0 Å². The van der Waals surface area contributed by atoms with Gasteiger partial charge in [0.15, 0.2) is 0 Å². The van der Waals surface area contributed by atoms with Crippen molar-refractivity contribution < 1.29 is 8.42 Å². The molecule has 0 radical (unpaired) electrons. The minimum Gasteiger partial charge on any atom is -0.314 e. The van der Waals surface area contributed by atoms with E-state index in [0.29, 0.717) is 10.9 Å². The van der Waals surface area contributed by atoms with Gasteiger partial charge >= 0.3 is 0 Å². The lowest BCUT2D eigenvalue weighted by atomic mass is 10.0. The number of rotatable bonds is 8. The molecule has 0 aliphatic carbocycles. The predicted octanol–water partition coefficient (Wildman–Crippen LogP) is 1.92. The molecule has 19 heavy (non-hydrogen) atoms. The Bertz CT molecular complexity index is 469. The summed E-state index contributed by atoms with van der Waals surface area (Å²) < 4.78 is 25.5. The average molecular weight is 284 g/mol. The van der Waals surface area contributed by atoms with E-state index in [1.807, 2.05) is 12.1 Å². The first-order valence-electron chi connectivity index (χ1n) is 6.79. The van der Waals surface area contributed by atoms with Gasteiger partial charge in [0, 0.05) is 6.04 Å². The Labute approximate surface area is 116 Å². The summed E-state index contributed by atoms with van der Waals surface area (Å²) in [6, 6.07) is 7.55. The number of nitrogens with one attached hydrogen (secondary N) is 2. The van der Waals surface area contributed by atoms with Gasteiger partial charge in [-0.05, 0) is 50.6 Å². The Balaban J connectivity index is 2.71. The molecule has 0 fully saturated rings. The van der Waals surface area contributed by atoms with Gasteiger partial charge in [0.25, 0.3) is 0 Å². The fourth-order valence-corrected chi connectivity index (χ4v) is 2.65. The summed E-state index contributed by atoms with van der Waals surface area (Å²) in [6.07, 6.45) is 3.11. The van der Waals surface area contributed by atoms with E-state index in [4.69, 9.17) is 0 Å². The molecule has 0 heterocycles. The summed E-state index contributed by atoms with van der Waals surface area (Å²) in [5.41, 5.74) is 1.16. The number of benzene rings is 1. The van der Waals surface area contributed by atoms with Crippen molar-refractivity contribution in [2.24, 2.45) is 0 Å². The van der Waals surface area contributed by atoms with Crippen LogP contribution in [0.1, 0.15) is 32.3 Å². The van der Waals surface area contributed by atoms with Gasteiger partial charge in [0.05, 0.1) is 4.90 Å². The Kier molecular flexibility index (Phi) is 6.48. The van der Waals surface area contributed by atoms with E-state index in [9.17, 15) is 8.42 Å². The summed E-state index contributed by atoms with van der Waals surface area (Å²) in [5.74, 6) is 0. The molecule has 4 nitrogen and oxygen atoms in total. The minimum atomic E-state index is -3.33. The maximum absolute atomic E-state index is 11.6. The number of sulfonamides is 1. The molecule has 0 aliphatic rings. The van der Waals surface area contributed by atoms with Crippen LogP contribution in [0.2, 0.25) is 0 Å². The van der Waals surface area contributed by atoms with Gasteiger partial charge in [0.2, 0.25) is 10.0 Å². The monoisotopic (exact) mass is 284 g/mol. The number of hydrogen-bond donors (Lipinski definition) is 2. The second kappa shape index (κ2) is 7.62. The van der Waals surface area contributed by atoms with Gasteiger partial charge in [-0.3, -0.25) is 0 Å². The molecule has 0 bridgehead atoms. The van der Waals surface area contributed by atoms with E-state index >= 15 is 0 Å². The van der Waals surface area contributed by atoms with E-state index in [-0.39, 0.29) is 0 Å². The smallest absolute Gasteiger partial charge is 0.240 e. The first-order valence-corrected chi connectivity index (χ1v) is 8.27. The Morgan fingerprint density at radius 2 is 1.79 bits per heavy atom. The van der Waals surface area contributed by atoms with Crippen LogP contribution in [0.4, 0.5) is 0 Å². The highest BCUT2D eigenvalue weighted by atomic mass is 32.2. The third kappa shape index (κ3) is 4.93. The SMILES string of the molecule is CCCNC(CC)Cc1ccc(S(=O)(=O)NC)cc1. The zero-order valence-electron chi connectivity index (χ0n) is 11.9. The Hall–Kier alpha value is -0.910. The minimum absolute atomic E-state index is 0.313. The molecular formula is C14H24N2O2S. The van der Waals surface area contributed by atoms with Crippen molar-refractivity contribution in [3.8, 4) is 0 Å². The van der Waals surface area contributed by atoms with Crippen LogP contribution in [0.5, 0.6) is 0 Å². The molecule has 0 spiro atoms. The van der Waals surface area contributed by atoms with E-state index < -0.39 is 10.0 Å². The molecule has 1 aromatic rings. The van der Waals surface area contributed by atoms with Crippen molar-refractivity contribution in [2.45, 2.75) is 44.0 Å². The molecule has 0 saturated carbocycles. The lowest BCUT2D eigenvalue weighted by Gasteiger charge is -2.16. The van der Waals surface area contributed by atoms with Crippen molar-refractivity contribution in [2.75, 3.05) is 13.6 Å². The third-order valence-corrected chi connectivity index (χ3v) is 4.59. The van der Waals surface area contributed by atoms with Gasteiger partial charge in [-0.1, -0.05) is 26.0 Å². The van der Waals surface area contributed by atoms with E-state index in [0.717, 1.165) is 31.4 Å². The summed E-state index contributed by atoms with van der Waals surface area (Å²) in [4.78, 5) is 0.313. The van der Waals surface area contributed by atoms with Crippen LogP contribution in [-0.4, -0.2) is 28.1 Å². The normalized spacial score (nSPS) is 13.4. The summed E-state index contributed by atoms with van der Waals surface area (Å²) in [6.45, 7) is 5.33. The summed E-state index contributed by atoms with van der Waals surface area (Å²) >= 11 is 0. The molecule has 0 aliphatic heterocycles. The van der Waals surface area contributed by atoms with Crippen LogP contribution >= 0.6 is 0 Å². The maximum Gasteiger partial charge on any atom is 0.240 e. The van der Waals surface area contributed by atoms with E-state index in [1.54, 1.807) is 12.1 Å². The van der Waals surface area contributed by atoms with Crippen molar-refractivity contribution in [3.05, 3.63) is 29.8 Å². The van der Waals surface area contributed by atoms with Crippen molar-refractivity contribution >= 4 is 10.0 Å². The molecule has 2 N–H and O–H groups in total. The second-order valence-electron chi connectivity index (χ2n) is 4.61. The fraction of sp³-hybridized carbons (Fsp3) is 0.571. The van der Waals surface area contributed by atoms with E-state index in [2.05, 4.69) is 23.9 Å². The summed E-state index contributed by atoms with van der Waals surface area (Å²) in [7, 11) is -1.91. The Morgan fingerprint density at radius 1 is 1.16 bits per heavy atom. The molecule has 108 valence electrons. The van der Waals surface area contributed by atoms with Crippen LogP contribution in [0, 0.1) is 0 Å². The largest absolute Gasteiger partial charge is 0.314 e. The molecule has 1 rings (SSSR count).